The molecule has 5 rings (SSSR count). The van der Waals surface area contributed by atoms with Crippen molar-refractivity contribution in [1.82, 2.24) is 15.5 Å². The summed E-state index contributed by atoms with van der Waals surface area (Å²) in [6.07, 6.45) is 3.77. The van der Waals surface area contributed by atoms with Crippen LogP contribution in [0, 0.1) is 5.82 Å². The summed E-state index contributed by atoms with van der Waals surface area (Å²) >= 11 is 7.03. The number of nitrogens with zero attached hydrogens (tertiary/aromatic N) is 2. The van der Waals surface area contributed by atoms with Gasteiger partial charge in [-0.3, -0.25) is 14.7 Å². The van der Waals surface area contributed by atoms with Crippen molar-refractivity contribution >= 4 is 40.0 Å². The second-order valence-electron chi connectivity index (χ2n) is 9.34. The van der Waals surface area contributed by atoms with Gasteiger partial charge in [0.2, 0.25) is 0 Å². The van der Waals surface area contributed by atoms with E-state index in [4.69, 9.17) is 22.1 Å². The lowest BCUT2D eigenvalue weighted by atomic mass is 9.94. The fourth-order valence-corrected chi connectivity index (χ4v) is 5.53. The molecule has 0 bridgehead atoms. The third kappa shape index (κ3) is 4.54. The van der Waals surface area contributed by atoms with Gasteiger partial charge in [-0.1, -0.05) is 35.9 Å². The number of ether oxygens (including phenoxy) is 1. The van der Waals surface area contributed by atoms with Gasteiger partial charge in [0.05, 0.1) is 40.7 Å². The third-order valence-electron chi connectivity index (χ3n) is 7.01. The monoisotopic (exact) mass is 535 g/mol. The van der Waals surface area contributed by atoms with Crippen LogP contribution in [0.25, 0.3) is 22.0 Å². The Labute approximate surface area is 223 Å². The molecule has 4 aromatic rings. The third-order valence-corrected chi connectivity index (χ3v) is 7.38. The lowest BCUT2D eigenvalue weighted by Crippen LogP contribution is -2.27. The maximum absolute atomic E-state index is 13.7. The molecule has 4 N–H and O–H groups in total. The van der Waals surface area contributed by atoms with Gasteiger partial charge in [-0.2, -0.15) is 5.10 Å². The Morgan fingerprint density at radius 3 is 2.68 bits per heavy atom. The van der Waals surface area contributed by atoms with Crippen molar-refractivity contribution in [3.8, 4) is 16.9 Å². The van der Waals surface area contributed by atoms with Gasteiger partial charge in [0.25, 0.3) is 11.8 Å². The summed E-state index contributed by atoms with van der Waals surface area (Å²) < 4.78 is 18.8. The van der Waals surface area contributed by atoms with Crippen molar-refractivity contribution in [3.05, 3.63) is 76.2 Å². The van der Waals surface area contributed by atoms with Crippen LogP contribution in [-0.4, -0.2) is 41.7 Å². The van der Waals surface area contributed by atoms with Crippen molar-refractivity contribution in [1.29, 1.82) is 0 Å². The van der Waals surface area contributed by atoms with E-state index in [1.807, 2.05) is 24.3 Å². The first-order valence-corrected chi connectivity index (χ1v) is 12.6. The minimum atomic E-state index is -0.613. The van der Waals surface area contributed by atoms with Gasteiger partial charge in [0.15, 0.2) is 0 Å². The Morgan fingerprint density at radius 2 is 2.03 bits per heavy atom. The Bertz CT molecular complexity index is 1540. The number of carbonyl (C=O) groups excluding carboxylic acids is 2. The number of primary amides is 1. The molecule has 38 heavy (non-hydrogen) atoms. The van der Waals surface area contributed by atoms with Gasteiger partial charge in [-0.05, 0) is 49.1 Å². The molecule has 1 aromatic heterocycles. The normalized spacial score (nSPS) is 15.2. The number of halogens is 2. The molecular formula is C28H27ClFN5O3. The van der Waals surface area contributed by atoms with E-state index in [-0.39, 0.29) is 23.4 Å². The zero-order chi connectivity index (χ0) is 27.0. The molecule has 1 fully saturated rings. The molecular weight excluding hydrogens is 509 g/mol. The molecule has 1 atom stereocenters. The Kier molecular flexibility index (Phi) is 6.94. The zero-order valence-electron chi connectivity index (χ0n) is 21.0. The van der Waals surface area contributed by atoms with E-state index in [2.05, 4.69) is 27.3 Å². The van der Waals surface area contributed by atoms with Crippen molar-refractivity contribution in [3.63, 3.8) is 0 Å². The number of amides is 2. The van der Waals surface area contributed by atoms with Crippen LogP contribution in [0.2, 0.25) is 5.02 Å². The van der Waals surface area contributed by atoms with Crippen LogP contribution in [0.15, 0.2) is 48.7 Å². The van der Waals surface area contributed by atoms with E-state index in [9.17, 15) is 14.0 Å². The molecule has 1 aliphatic rings. The van der Waals surface area contributed by atoms with Crippen molar-refractivity contribution in [2.24, 2.45) is 5.73 Å². The van der Waals surface area contributed by atoms with Gasteiger partial charge in [-0.15, -0.1) is 0 Å². The standard InChI is InChI=1S/C28H27ClFN5O3/c1-15-4-3-11-35(15)26-20-14-33-34-25(20)23(27(31)36)22(24(26)29)17-7-5-16(6-8-17)13-32-28(37)19-12-18(30)9-10-21(19)38-2/h5-10,12,14-15H,3-4,11,13H2,1-2H3,(H2,31,36)(H,32,37)(H,33,34)/t15-/m1/s1. The van der Waals surface area contributed by atoms with E-state index in [0.29, 0.717) is 27.7 Å². The van der Waals surface area contributed by atoms with Crippen LogP contribution in [0.1, 0.15) is 46.0 Å². The number of fused-ring (bicyclic) bond motifs is 1. The Morgan fingerprint density at radius 1 is 1.26 bits per heavy atom. The van der Waals surface area contributed by atoms with Gasteiger partial charge >= 0.3 is 0 Å². The quantitative estimate of drug-likeness (QED) is 0.306. The molecule has 10 heteroatoms. The molecule has 0 spiro atoms. The smallest absolute Gasteiger partial charge is 0.255 e. The molecule has 3 aromatic carbocycles. The number of aromatic nitrogens is 2. The number of carbonyl (C=O) groups is 2. The van der Waals surface area contributed by atoms with Crippen molar-refractivity contribution < 1.29 is 18.7 Å². The second kappa shape index (κ2) is 10.3. The number of hydrogen-bond donors (Lipinski definition) is 3. The summed E-state index contributed by atoms with van der Waals surface area (Å²) in [6, 6.07) is 11.4. The van der Waals surface area contributed by atoms with Gasteiger partial charge < -0.3 is 20.7 Å². The number of anilines is 1. The molecule has 2 amide bonds. The molecule has 0 unspecified atom stereocenters. The fraction of sp³-hybridized carbons (Fsp3) is 0.250. The molecule has 2 heterocycles. The Hall–Kier alpha value is -4.11. The SMILES string of the molecule is COc1ccc(F)cc1C(=O)NCc1ccc(-c2c(Cl)c(N3CCC[C@H]3C)c3cn[nH]c3c2C(N)=O)cc1. The van der Waals surface area contributed by atoms with Gasteiger partial charge in [0.1, 0.15) is 11.6 Å². The van der Waals surface area contributed by atoms with Crippen molar-refractivity contribution in [2.45, 2.75) is 32.4 Å². The number of aromatic amines is 1. The first kappa shape index (κ1) is 25.5. The number of hydrogen-bond acceptors (Lipinski definition) is 5. The predicted octanol–water partition coefficient (Wildman–Crippen LogP) is 5.05. The van der Waals surface area contributed by atoms with Crippen LogP contribution < -0.4 is 20.7 Å². The van der Waals surface area contributed by atoms with E-state index in [1.165, 1.54) is 19.2 Å². The maximum Gasteiger partial charge on any atom is 0.255 e. The Balaban J connectivity index is 1.48. The summed E-state index contributed by atoms with van der Waals surface area (Å²) in [7, 11) is 1.42. The van der Waals surface area contributed by atoms with E-state index < -0.39 is 17.6 Å². The van der Waals surface area contributed by atoms with Crippen LogP contribution in [0.4, 0.5) is 10.1 Å². The van der Waals surface area contributed by atoms with Crippen LogP contribution >= 0.6 is 11.6 Å². The highest BCUT2D eigenvalue weighted by Gasteiger charge is 2.30. The average molecular weight is 536 g/mol. The van der Waals surface area contributed by atoms with E-state index >= 15 is 0 Å². The molecule has 0 radical (unpaired) electrons. The predicted molar refractivity (Wildman–Crippen MR) is 145 cm³/mol. The highest BCUT2D eigenvalue weighted by Crippen LogP contribution is 2.46. The van der Waals surface area contributed by atoms with Crippen LogP contribution in [0.5, 0.6) is 5.75 Å². The molecule has 196 valence electrons. The number of rotatable bonds is 7. The summed E-state index contributed by atoms with van der Waals surface area (Å²) in [4.78, 5) is 27.5. The first-order valence-electron chi connectivity index (χ1n) is 12.3. The van der Waals surface area contributed by atoms with Crippen LogP contribution in [0.3, 0.4) is 0 Å². The summed E-state index contributed by atoms with van der Waals surface area (Å²) in [5, 5.41) is 11.1. The lowest BCUT2D eigenvalue weighted by Gasteiger charge is -2.27. The number of methoxy groups -OCH3 is 1. The lowest BCUT2D eigenvalue weighted by molar-refractivity contribution is 0.0946. The zero-order valence-corrected chi connectivity index (χ0v) is 21.7. The number of H-pyrrole nitrogens is 1. The second-order valence-corrected chi connectivity index (χ2v) is 9.72. The summed E-state index contributed by atoms with van der Waals surface area (Å²) in [5.41, 5.74) is 9.63. The molecule has 0 saturated carbocycles. The fourth-order valence-electron chi connectivity index (χ4n) is 5.12. The van der Waals surface area contributed by atoms with Gasteiger partial charge in [0, 0.05) is 30.1 Å². The highest BCUT2D eigenvalue weighted by molar-refractivity contribution is 6.39. The molecule has 0 aliphatic carbocycles. The summed E-state index contributed by atoms with van der Waals surface area (Å²) in [5.74, 6) is -1.32. The molecule has 1 saturated heterocycles. The average Bonchev–Trinajstić information content (AvgIpc) is 3.56. The summed E-state index contributed by atoms with van der Waals surface area (Å²) in [6.45, 7) is 3.20. The minimum Gasteiger partial charge on any atom is -0.496 e. The number of nitrogens with one attached hydrogen (secondary N) is 2. The number of nitrogens with two attached hydrogens (primary N) is 1. The van der Waals surface area contributed by atoms with Crippen molar-refractivity contribution in [2.75, 3.05) is 18.6 Å². The largest absolute Gasteiger partial charge is 0.496 e. The molecule has 1 aliphatic heterocycles. The van der Waals surface area contributed by atoms with E-state index in [0.717, 1.165) is 42.1 Å². The van der Waals surface area contributed by atoms with E-state index in [1.54, 1.807) is 6.20 Å². The van der Waals surface area contributed by atoms with Crippen LogP contribution in [-0.2, 0) is 6.54 Å². The molecule has 8 nitrogen and oxygen atoms in total. The highest BCUT2D eigenvalue weighted by atomic mass is 35.5. The number of benzene rings is 3. The van der Waals surface area contributed by atoms with Gasteiger partial charge in [-0.25, -0.2) is 4.39 Å². The first-order chi connectivity index (χ1) is 18.3. The minimum absolute atomic E-state index is 0.110. The maximum atomic E-state index is 13.7. The topological polar surface area (TPSA) is 113 Å².